The molecule has 0 saturated carbocycles. The van der Waals surface area contributed by atoms with E-state index in [-0.39, 0.29) is 30.4 Å². The third-order valence-corrected chi connectivity index (χ3v) is 3.34. The van der Waals surface area contributed by atoms with Crippen LogP contribution in [0.2, 0.25) is 5.02 Å². The lowest BCUT2D eigenvalue weighted by molar-refractivity contribution is -0.121. The van der Waals surface area contributed by atoms with Gasteiger partial charge in [0.15, 0.2) is 0 Å². The van der Waals surface area contributed by atoms with Crippen LogP contribution in [-0.4, -0.2) is 40.5 Å². The number of hydrogen-bond acceptors (Lipinski definition) is 2. The maximum Gasteiger partial charge on any atom is 0.317 e. The quantitative estimate of drug-likeness (QED) is 0.840. The molecule has 22 heavy (non-hydrogen) atoms. The molecule has 0 unspecified atom stereocenters. The molecule has 0 radical (unpaired) electrons. The van der Waals surface area contributed by atoms with Gasteiger partial charge in [-0.25, -0.2) is 4.79 Å². The monoisotopic (exact) mass is 328 g/mol. The van der Waals surface area contributed by atoms with Gasteiger partial charge in [-0.15, -0.1) is 0 Å². The summed E-state index contributed by atoms with van der Waals surface area (Å²) in [7, 11) is 3.59. The maximum absolute atomic E-state index is 12.1. The Labute approximate surface area is 136 Å². The van der Waals surface area contributed by atoms with Crippen LogP contribution in [0.15, 0.2) is 12.3 Å². The van der Waals surface area contributed by atoms with E-state index >= 15 is 0 Å². The molecule has 7 heteroatoms. The van der Waals surface area contributed by atoms with Crippen LogP contribution in [0.3, 0.4) is 0 Å². The van der Waals surface area contributed by atoms with Crippen LogP contribution in [0.4, 0.5) is 4.79 Å². The van der Waals surface area contributed by atoms with Crippen LogP contribution in [0, 0.1) is 0 Å². The van der Waals surface area contributed by atoms with E-state index in [1.165, 1.54) is 0 Å². The summed E-state index contributed by atoms with van der Waals surface area (Å²) in [6, 6.07) is 1.47. The summed E-state index contributed by atoms with van der Waals surface area (Å²) in [5.41, 5.74) is 0.938. The van der Waals surface area contributed by atoms with E-state index in [2.05, 4.69) is 10.6 Å². The van der Waals surface area contributed by atoms with Crippen molar-refractivity contribution in [2.24, 2.45) is 7.05 Å². The van der Waals surface area contributed by atoms with E-state index in [1.54, 1.807) is 18.1 Å². The van der Waals surface area contributed by atoms with E-state index in [1.807, 2.05) is 38.5 Å². The molecular weight excluding hydrogens is 304 g/mol. The van der Waals surface area contributed by atoms with E-state index in [0.29, 0.717) is 11.6 Å². The molecule has 1 atom stereocenters. The minimum Gasteiger partial charge on any atom is -0.354 e. The van der Waals surface area contributed by atoms with Crippen molar-refractivity contribution in [3.05, 3.63) is 23.0 Å². The highest BCUT2D eigenvalue weighted by Gasteiger charge is 2.16. The molecule has 1 aromatic heterocycles. The molecule has 0 aromatic carbocycles. The van der Waals surface area contributed by atoms with Crippen molar-refractivity contribution in [1.82, 2.24) is 20.1 Å². The number of carbonyl (C=O) groups is 2. The van der Waals surface area contributed by atoms with Crippen LogP contribution in [0.5, 0.6) is 0 Å². The Bertz CT molecular complexity index is 528. The molecule has 0 aliphatic heterocycles. The second-order valence-corrected chi connectivity index (χ2v) is 6.33. The fourth-order valence-corrected chi connectivity index (χ4v) is 2.34. The second kappa shape index (κ2) is 8.08. The molecule has 1 aromatic rings. The number of halogens is 1. The molecule has 3 amide bonds. The van der Waals surface area contributed by atoms with Crippen LogP contribution < -0.4 is 10.6 Å². The fourth-order valence-electron chi connectivity index (χ4n) is 2.07. The third-order valence-electron chi connectivity index (χ3n) is 3.13. The SMILES string of the molecule is CC(C)NC(=O)C[C@@H](C)NC(=O)N(C)Cc1cc(Cl)cn1C. The first-order valence-electron chi connectivity index (χ1n) is 7.30. The molecule has 6 nitrogen and oxygen atoms in total. The van der Waals surface area contributed by atoms with E-state index in [9.17, 15) is 9.59 Å². The Balaban J connectivity index is 2.46. The largest absolute Gasteiger partial charge is 0.354 e. The van der Waals surface area contributed by atoms with Crippen LogP contribution in [0.25, 0.3) is 0 Å². The minimum absolute atomic E-state index is 0.0698. The molecule has 0 bridgehead atoms. The highest BCUT2D eigenvalue weighted by molar-refractivity contribution is 6.30. The molecular formula is C15H25ClN4O2. The van der Waals surface area contributed by atoms with Crippen LogP contribution >= 0.6 is 11.6 Å². The maximum atomic E-state index is 12.1. The predicted octanol–water partition coefficient (Wildman–Crippen LogP) is 2.12. The minimum atomic E-state index is -0.231. The third kappa shape index (κ3) is 5.97. The number of nitrogens with zero attached hydrogens (tertiary/aromatic N) is 2. The summed E-state index contributed by atoms with van der Waals surface area (Å²) >= 11 is 5.93. The predicted molar refractivity (Wildman–Crippen MR) is 87.8 cm³/mol. The molecule has 124 valence electrons. The van der Waals surface area contributed by atoms with Gasteiger partial charge in [0, 0.05) is 44.5 Å². The van der Waals surface area contributed by atoms with Gasteiger partial charge in [0.1, 0.15) is 0 Å². The van der Waals surface area contributed by atoms with Crippen molar-refractivity contribution in [2.45, 2.75) is 45.8 Å². The average molecular weight is 329 g/mol. The smallest absolute Gasteiger partial charge is 0.317 e. The second-order valence-electron chi connectivity index (χ2n) is 5.89. The van der Waals surface area contributed by atoms with Gasteiger partial charge in [-0.1, -0.05) is 11.6 Å². The van der Waals surface area contributed by atoms with E-state index < -0.39 is 0 Å². The Hall–Kier alpha value is -1.69. The first-order chi connectivity index (χ1) is 10.2. The Kier molecular flexibility index (Phi) is 6.74. The topological polar surface area (TPSA) is 66.4 Å². The first-order valence-corrected chi connectivity index (χ1v) is 7.68. The molecule has 0 spiro atoms. The number of aryl methyl sites for hydroxylation is 1. The Morgan fingerprint density at radius 1 is 1.32 bits per heavy atom. The van der Waals surface area contributed by atoms with Crippen molar-refractivity contribution in [3.63, 3.8) is 0 Å². The summed E-state index contributed by atoms with van der Waals surface area (Å²) in [4.78, 5) is 25.3. The summed E-state index contributed by atoms with van der Waals surface area (Å²) in [5.74, 6) is -0.0698. The van der Waals surface area contributed by atoms with Crippen molar-refractivity contribution in [3.8, 4) is 0 Å². The molecule has 0 fully saturated rings. The standard InChI is InChI=1S/C15H25ClN4O2/c1-10(2)17-14(21)6-11(3)18-15(22)20(5)9-13-7-12(16)8-19(13)4/h7-8,10-11H,6,9H2,1-5H3,(H,17,21)(H,18,22)/t11-/m1/s1. The lowest BCUT2D eigenvalue weighted by Crippen LogP contribution is -2.44. The number of aromatic nitrogens is 1. The number of rotatable bonds is 6. The van der Waals surface area contributed by atoms with Crippen LogP contribution in [0.1, 0.15) is 32.9 Å². The average Bonchev–Trinajstić information content (AvgIpc) is 2.65. The normalized spacial score (nSPS) is 12.1. The van der Waals surface area contributed by atoms with Gasteiger partial charge in [-0.3, -0.25) is 4.79 Å². The van der Waals surface area contributed by atoms with Gasteiger partial charge in [0.05, 0.1) is 11.6 Å². The van der Waals surface area contributed by atoms with Gasteiger partial charge in [-0.05, 0) is 26.8 Å². The lowest BCUT2D eigenvalue weighted by atomic mass is 10.2. The first kappa shape index (κ1) is 18.4. The Morgan fingerprint density at radius 3 is 2.45 bits per heavy atom. The molecule has 0 aliphatic carbocycles. The van der Waals surface area contributed by atoms with Gasteiger partial charge < -0.3 is 20.1 Å². The highest BCUT2D eigenvalue weighted by Crippen LogP contribution is 2.14. The number of amides is 3. The molecule has 1 rings (SSSR count). The van der Waals surface area contributed by atoms with Crippen molar-refractivity contribution in [2.75, 3.05) is 7.05 Å². The summed E-state index contributed by atoms with van der Waals surface area (Å²) in [6.07, 6.45) is 2.05. The van der Waals surface area contributed by atoms with Crippen molar-refractivity contribution < 1.29 is 9.59 Å². The molecule has 2 N–H and O–H groups in total. The summed E-state index contributed by atoms with van der Waals surface area (Å²) < 4.78 is 1.88. The van der Waals surface area contributed by atoms with E-state index in [0.717, 1.165) is 5.69 Å². The summed E-state index contributed by atoms with van der Waals surface area (Å²) in [5, 5.41) is 6.26. The summed E-state index contributed by atoms with van der Waals surface area (Å²) in [6.45, 7) is 6.06. The number of nitrogens with one attached hydrogen (secondary N) is 2. The highest BCUT2D eigenvalue weighted by atomic mass is 35.5. The molecule has 0 saturated heterocycles. The van der Waals surface area contributed by atoms with Crippen molar-refractivity contribution >= 4 is 23.5 Å². The number of urea groups is 1. The van der Waals surface area contributed by atoms with Gasteiger partial charge in [-0.2, -0.15) is 0 Å². The molecule has 0 aliphatic rings. The van der Waals surface area contributed by atoms with Gasteiger partial charge in [0.2, 0.25) is 5.91 Å². The zero-order valence-corrected chi connectivity index (χ0v) is 14.6. The Morgan fingerprint density at radius 2 is 1.95 bits per heavy atom. The zero-order chi connectivity index (χ0) is 16.9. The zero-order valence-electron chi connectivity index (χ0n) is 13.8. The van der Waals surface area contributed by atoms with E-state index in [4.69, 9.17) is 11.6 Å². The van der Waals surface area contributed by atoms with Crippen molar-refractivity contribution in [1.29, 1.82) is 0 Å². The fraction of sp³-hybridized carbons (Fsp3) is 0.600. The number of hydrogen-bond donors (Lipinski definition) is 2. The van der Waals surface area contributed by atoms with Gasteiger partial charge in [0.25, 0.3) is 0 Å². The van der Waals surface area contributed by atoms with Gasteiger partial charge >= 0.3 is 6.03 Å². The molecule has 1 heterocycles. The van der Waals surface area contributed by atoms with Crippen LogP contribution in [-0.2, 0) is 18.4 Å². The lowest BCUT2D eigenvalue weighted by Gasteiger charge is -2.21. The number of carbonyl (C=O) groups excluding carboxylic acids is 2.